The van der Waals surface area contributed by atoms with Crippen LogP contribution < -0.4 is 10.0 Å². The van der Waals surface area contributed by atoms with Gasteiger partial charge >= 0.3 is 6.18 Å². The highest BCUT2D eigenvalue weighted by Gasteiger charge is 2.34. The zero-order chi connectivity index (χ0) is 23.8. The molecule has 0 aliphatic heterocycles. The van der Waals surface area contributed by atoms with Gasteiger partial charge in [0.2, 0.25) is 5.91 Å². The van der Waals surface area contributed by atoms with E-state index in [0.29, 0.717) is 28.3 Å². The van der Waals surface area contributed by atoms with Crippen molar-refractivity contribution in [3.8, 4) is 11.3 Å². The number of nitrogens with one attached hydrogen (secondary N) is 2. The molecule has 1 amide bonds. The van der Waals surface area contributed by atoms with E-state index in [1.165, 1.54) is 17.5 Å². The second-order valence-corrected chi connectivity index (χ2v) is 10.4. The van der Waals surface area contributed by atoms with E-state index in [2.05, 4.69) is 25.0 Å². The highest BCUT2D eigenvalue weighted by Crippen LogP contribution is 2.32. The number of hydrogen-bond donors (Lipinski definition) is 2. The largest absolute Gasteiger partial charge is 0.434 e. The molecule has 1 fully saturated rings. The fourth-order valence-corrected chi connectivity index (χ4v) is 4.94. The van der Waals surface area contributed by atoms with Gasteiger partial charge in [-0.05, 0) is 38.8 Å². The molecule has 7 nitrogen and oxygen atoms in total. The molecule has 1 aliphatic carbocycles. The fourth-order valence-electron chi connectivity index (χ4n) is 2.83. The molecule has 3 aromatic rings. The number of benzene rings is 1. The molecule has 0 saturated heterocycles. The van der Waals surface area contributed by atoms with Crippen LogP contribution in [0.1, 0.15) is 38.1 Å². The molecule has 4 rings (SSSR count). The average Bonchev–Trinajstić information content (AvgIpc) is 3.52. The molecule has 12 heteroatoms. The number of halogens is 3. The fraction of sp³-hybridized carbons (Fsp3) is 0.333. The van der Waals surface area contributed by atoms with Crippen LogP contribution in [0.15, 0.2) is 42.0 Å². The van der Waals surface area contributed by atoms with E-state index in [1.54, 1.807) is 43.5 Å². The average molecular weight is 496 g/mol. The number of rotatable bonds is 7. The summed E-state index contributed by atoms with van der Waals surface area (Å²) < 4.78 is 53.5. The minimum absolute atomic E-state index is 0.0779. The molecular weight excluding hydrogens is 475 g/mol. The van der Waals surface area contributed by atoms with Gasteiger partial charge in [-0.15, -0.1) is 11.3 Å². The molecule has 174 valence electrons. The summed E-state index contributed by atoms with van der Waals surface area (Å²) in [5.41, 5.74) is -0.518. The monoisotopic (exact) mass is 495 g/mol. The SMILES string of the molecule is CC(C)(C(=O)Nc1ccc(-c2cncc(C(F)(F)F)n2)cc1)c1csc(NS(=O)C2CC2)n1. The summed E-state index contributed by atoms with van der Waals surface area (Å²) in [6.07, 6.45) is -0.796. The maximum absolute atomic E-state index is 12.9. The van der Waals surface area contributed by atoms with Crippen LogP contribution in [0, 0.1) is 0 Å². The van der Waals surface area contributed by atoms with E-state index in [-0.39, 0.29) is 16.9 Å². The van der Waals surface area contributed by atoms with E-state index in [1.807, 2.05) is 0 Å². The van der Waals surface area contributed by atoms with Crippen molar-refractivity contribution in [1.29, 1.82) is 0 Å². The molecule has 1 aliphatic rings. The molecule has 33 heavy (non-hydrogen) atoms. The van der Waals surface area contributed by atoms with Crippen molar-refractivity contribution in [2.45, 2.75) is 43.5 Å². The number of hydrogen-bond acceptors (Lipinski definition) is 6. The number of carbonyl (C=O) groups is 1. The van der Waals surface area contributed by atoms with Crippen LogP contribution in [0.3, 0.4) is 0 Å². The predicted octanol–water partition coefficient (Wildman–Crippen LogP) is 4.77. The van der Waals surface area contributed by atoms with Gasteiger partial charge in [0, 0.05) is 16.6 Å². The molecule has 1 atom stereocenters. The van der Waals surface area contributed by atoms with E-state index < -0.39 is 28.3 Å². The van der Waals surface area contributed by atoms with Crippen molar-refractivity contribution < 1.29 is 22.2 Å². The van der Waals surface area contributed by atoms with Crippen molar-refractivity contribution in [1.82, 2.24) is 15.0 Å². The van der Waals surface area contributed by atoms with E-state index in [0.717, 1.165) is 12.8 Å². The van der Waals surface area contributed by atoms with Crippen LogP contribution in [0.25, 0.3) is 11.3 Å². The summed E-state index contributed by atoms with van der Waals surface area (Å²) in [7, 11) is -1.17. The lowest BCUT2D eigenvalue weighted by Gasteiger charge is -2.21. The first kappa shape index (κ1) is 23.3. The van der Waals surface area contributed by atoms with Gasteiger partial charge in [0.1, 0.15) is 11.0 Å². The molecule has 0 spiro atoms. The van der Waals surface area contributed by atoms with Crippen LogP contribution in [0.5, 0.6) is 0 Å². The van der Waals surface area contributed by atoms with Gasteiger partial charge in [0.25, 0.3) is 0 Å². The normalized spacial score (nSPS) is 15.2. The topological polar surface area (TPSA) is 96.9 Å². The number of anilines is 2. The Kier molecular flexibility index (Phi) is 6.23. The van der Waals surface area contributed by atoms with Crippen LogP contribution in [-0.4, -0.2) is 30.3 Å². The first-order valence-corrected chi connectivity index (χ1v) is 12.1. The van der Waals surface area contributed by atoms with E-state index >= 15 is 0 Å². The highest BCUT2D eigenvalue weighted by atomic mass is 32.2. The summed E-state index contributed by atoms with van der Waals surface area (Å²) in [5.74, 6) is -0.311. The van der Waals surface area contributed by atoms with Crippen LogP contribution in [-0.2, 0) is 27.4 Å². The maximum Gasteiger partial charge on any atom is 0.434 e. The lowest BCUT2D eigenvalue weighted by atomic mass is 9.89. The number of thiazole rings is 1. The minimum Gasteiger partial charge on any atom is -0.325 e. The van der Waals surface area contributed by atoms with Gasteiger partial charge in [-0.25, -0.2) is 14.2 Å². The Bertz CT molecular complexity index is 1190. The maximum atomic E-state index is 12.9. The van der Waals surface area contributed by atoms with Crippen LogP contribution in [0.4, 0.5) is 24.0 Å². The molecule has 2 heterocycles. The molecule has 2 N–H and O–H groups in total. The Balaban J connectivity index is 1.44. The Labute approximate surface area is 194 Å². The van der Waals surface area contributed by atoms with Gasteiger partial charge in [0.05, 0.1) is 34.4 Å². The van der Waals surface area contributed by atoms with Gasteiger partial charge in [-0.2, -0.15) is 13.2 Å². The highest BCUT2D eigenvalue weighted by molar-refractivity contribution is 7.87. The van der Waals surface area contributed by atoms with Crippen molar-refractivity contribution in [2.24, 2.45) is 0 Å². The summed E-state index contributed by atoms with van der Waals surface area (Å²) in [5, 5.41) is 5.22. The van der Waals surface area contributed by atoms with Gasteiger partial charge in [-0.1, -0.05) is 12.1 Å². The van der Waals surface area contributed by atoms with Crippen molar-refractivity contribution in [2.75, 3.05) is 10.0 Å². The predicted molar refractivity (Wildman–Crippen MR) is 121 cm³/mol. The summed E-state index contributed by atoms with van der Waals surface area (Å²) in [6.45, 7) is 3.46. The summed E-state index contributed by atoms with van der Waals surface area (Å²) in [6, 6.07) is 6.28. The Hall–Kier alpha value is -2.86. The Morgan fingerprint density at radius 1 is 1.09 bits per heavy atom. The lowest BCUT2D eigenvalue weighted by Crippen LogP contribution is -2.35. The number of amides is 1. The quantitative estimate of drug-likeness (QED) is 0.492. The molecule has 0 bridgehead atoms. The third-order valence-corrected chi connectivity index (χ3v) is 7.45. The summed E-state index contributed by atoms with van der Waals surface area (Å²) >= 11 is 1.29. The summed E-state index contributed by atoms with van der Waals surface area (Å²) in [4.78, 5) is 24.6. The number of carbonyl (C=O) groups excluding carboxylic acids is 1. The van der Waals surface area contributed by atoms with Gasteiger partial charge in [-0.3, -0.25) is 14.5 Å². The van der Waals surface area contributed by atoms with Crippen LogP contribution in [0.2, 0.25) is 0 Å². The minimum atomic E-state index is -4.58. The van der Waals surface area contributed by atoms with E-state index in [4.69, 9.17) is 0 Å². The first-order valence-electron chi connectivity index (χ1n) is 9.98. The number of aromatic nitrogens is 3. The molecule has 1 saturated carbocycles. The molecular formula is C21H20F3N5O2S2. The number of alkyl halides is 3. The van der Waals surface area contributed by atoms with Crippen molar-refractivity contribution in [3.63, 3.8) is 0 Å². The first-order chi connectivity index (χ1) is 15.5. The lowest BCUT2D eigenvalue weighted by molar-refractivity contribution is -0.141. The number of nitrogens with zero attached hydrogens (tertiary/aromatic N) is 3. The standard InChI is InChI=1S/C21H20F3N5O2S2/c1-20(2,17-11-32-19(28-17)29-33(31)14-7-8-14)18(30)26-13-5-3-12(4-6-13)15-9-25-10-16(27-15)21(22,23)24/h3-6,9-11,14H,7-8H2,1-2H3,(H,26,30)(H,28,29). The second-order valence-electron chi connectivity index (χ2n) is 8.08. The van der Waals surface area contributed by atoms with Crippen LogP contribution >= 0.6 is 11.3 Å². The van der Waals surface area contributed by atoms with Crippen molar-refractivity contribution in [3.05, 3.63) is 53.4 Å². The third kappa shape index (κ3) is 5.38. The van der Waals surface area contributed by atoms with Gasteiger partial charge < -0.3 is 5.32 Å². The second kappa shape index (κ2) is 8.82. The molecule has 2 aromatic heterocycles. The van der Waals surface area contributed by atoms with E-state index in [9.17, 15) is 22.2 Å². The third-order valence-electron chi connectivity index (χ3n) is 5.09. The molecule has 1 aromatic carbocycles. The smallest absolute Gasteiger partial charge is 0.325 e. The Morgan fingerprint density at radius 2 is 1.79 bits per heavy atom. The molecule has 0 radical (unpaired) electrons. The van der Waals surface area contributed by atoms with Crippen molar-refractivity contribution >= 4 is 39.0 Å². The zero-order valence-electron chi connectivity index (χ0n) is 17.6. The Morgan fingerprint density at radius 3 is 2.42 bits per heavy atom. The van der Waals surface area contributed by atoms with Gasteiger partial charge in [0.15, 0.2) is 10.8 Å². The zero-order valence-corrected chi connectivity index (χ0v) is 19.3. The molecule has 1 unspecified atom stereocenters.